The van der Waals surface area contributed by atoms with Crippen molar-refractivity contribution in [2.45, 2.75) is 31.8 Å². The Labute approximate surface area is 135 Å². The van der Waals surface area contributed by atoms with Gasteiger partial charge in [-0.15, -0.1) is 0 Å². The minimum atomic E-state index is -0.342. The Hall–Kier alpha value is -2.17. The summed E-state index contributed by atoms with van der Waals surface area (Å²) < 4.78 is 2.10. The summed E-state index contributed by atoms with van der Waals surface area (Å²) in [5.74, 6) is 0. The fourth-order valence-electron chi connectivity index (χ4n) is 3.62. The molecule has 1 aliphatic rings. The van der Waals surface area contributed by atoms with Gasteiger partial charge in [0.15, 0.2) is 0 Å². The maximum absolute atomic E-state index is 10.1. The largest absolute Gasteiger partial charge is 0.394 e. The van der Waals surface area contributed by atoms with Crippen LogP contribution in [0.15, 0.2) is 48.8 Å². The summed E-state index contributed by atoms with van der Waals surface area (Å²) in [5.41, 5.74) is 5.50. The molecule has 2 aromatic heterocycles. The SMILES string of the molecule is Cc1ccn2c(CNC3(CO)CCc4ccccc43)cnc2c1. The third-order valence-electron chi connectivity index (χ3n) is 4.98. The van der Waals surface area contributed by atoms with Crippen molar-refractivity contribution in [3.05, 3.63) is 71.2 Å². The molecule has 0 saturated heterocycles. The smallest absolute Gasteiger partial charge is 0.137 e. The molecule has 4 nitrogen and oxygen atoms in total. The Morgan fingerprint density at radius 1 is 1.30 bits per heavy atom. The van der Waals surface area contributed by atoms with Crippen LogP contribution >= 0.6 is 0 Å². The zero-order chi connectivity index (χ0) is 15.9. The summed E-state index contributed by atoms with van der Waals surface area (Å²) in [5, 5.41) is 13.7. The first-order valence-electron chi connectivity index (χ1n) is 8.09. The molecule has 1 aliphatic carbocycles. The van der Waals surface area contributed by atoms with Gasteiger partial charge in [0.05, 0.1) is 24.0 Å². The first-order valence-corrected chi connectivity index (χ1v) is 8.09. The Morgan fingerprint density at radius 2 is 2.17 bits per heavy atom. The molecule has 0 bridgehead atoms. The van der Waals surface area contributed by atoms with Crippen LogP contribution in [-0.2, 0) is 18.5 Å². The van der Waals surface area contributed by atoms with Gasteiger partial charge in [0.2, 0.25) is 0 Å². The van der Waals surface area contributed by atoms with Gasteiger partial charge in [-0.2, -0.15) is 0 Å². The fraction of sp³-hybridized carbons (Fsp3) is 0.316. The summed E-state index contributed by atoms with van der Waals surface area (Å²) in [4.78, 5) is 4.48. The second-order valence-electron chi connectivity index (χ2n) is 6.43. The normalized spacial score (nSPS) is 20.1. The second kappa shape index (κ2) is 5.48. The fourth-order valence-corrected chi connectivity index (χ4v) is 3.62. The van der Waals surface area contributed by atoms with E-state index in [1.165, 1.54) is 16.7 Å². The van der Waals surface area contributed by atoms with Crippen molar-refractivity contribution in [1.82, 2.24) is 14.7 Å². The third kappa shape index (κ3) is 2.35. The van der Waals surface area contributed by atoms with Crippen LogP contribution in [-0.4, -0.2) is 21.1 Å². The van der Waals surface area contributed by atoms with Gasteiger partial charge in [0, 0.05) is 12.7 Å². The Kier molecular flexibility index (Phi) is 3.43. The van der Waals surface area contributed by atoms with Crippen molar-refractivity contribution in [2.24, 2.45) is 0 Å². The standard InChI is InChI=1S/C19H21N3O/c1-14-7-9-22-16(11-20-18(22)10-14)12-21-19(13-23)8-6-15-4-2-3-5-17(15)19/h2-5,7,9-11,21,23H,6,8,12-13H2,1H3. The first-order chi connectivity index (χ1) is 11.2. The van der Waals surface area contributed by atoms with Gasteiger partial charge < -0.3 is 9.51 Å². The van der Waals surface area contributed by atoms with Crippen LogP contribution in [0.4, 0.5) is 0 Å². The van der Waals surface area contributed by atoms with Gasteiger partial charge in [-0.3, -0.25) is 5.32 Å². The summed E-state index contributed by atoms with van der Waals surface area (Å²) in [6, 6.07) is 12.6. The zero-order valence-electron chi connectivity index (χ0n) is 13.3. The predicted octanol–water partition coefficient (Wildman–Crippen LogP) is 2.57. The Balaban J connectivity index is 1.62. The molecule has 118 valence electrons. The summed E-state index contributed by atoms with van der Waals surface area (Å²) >= 11 is 0. The monoisotopic (exact) mass is 307 g/mol. The number of aryl methyl sites for hydroxylation is 2. The number of benzene rings is 1. The molecule has 23 heavy (non-hydrogen) atoms. The molecule has 1 atom stereocenters. The number of fused-ring (bicyclic) bond motifs is 2. The number of imidazole rings is 1. The van der Waals surface area contributed by atoms with E-state index in [0.717, 1.165) is 24.2 Å². The minimum absolute atomic E-state index is 0.111. The van der Waals surface area contributed by atoms with Crippen LogP contribution < -0.4 is 5.32 Å². The van der Waals surface area contributed by atoms with Crippen molar-refractivity contribution in [3.63, 3.8) is 0 Å². The van der Waals surface area contributed by atoms with Crippen molar-refractivity contribution in [1.29, 1.82) is 0 Å². The average Bonchev–Trinajstić information content (AvgIpc) is 3.15. The van der Waals surface area contributed by atoms with Gasteiger partial charge in [0.25, 0.3) is 0 Å². The molecule has 3 aromatic rings. The van der Waals surface area contributed by atoms with E-state index in [1.807, 2.05) is 12.3 Å². The third-order valence-corrected chi connectivity index (χ3v) is 4.98. The summed E-state index contributed by atoms with van der Waals surface area (Å²) in [6.07, 6.45) is 5.91. The van der Waals surface area contributed by atoms with E-state index in [1.54, 1.807) is 0 Å². The van der Waals surface area contributed by atoms with Gasteiger partial charge in [0.1, 0.15) is 5.65 Å². The van der Waals surface area contributed by atoms with Crippen LogP contribution in [0.5, 0.6) is 0 Å². The van der Waals surface area contributed by atoms with Crippen LogP contribution in [0, 0.1) is 6.92 Å². The molecule has 2 N–H and O–H groups in total. The number of aliphatic hydroxyl groups excluding tert-OH is 1. The highest BCUT2D eigenvalue weighted by Gasteiger charge is 2.37. The lowest BCUT2D eigenvalue weighted by atomic mass is 9.92. The number of hydrogen-bond acceptors (Lipinski definition) is 3. The van der Waals surface area contributed by atoms with E-state index in [2.05, 4.69) is 58.2 Å². The number of aliphatic hydroxyl groups is 1. The number of aromatic nitrogens is 2. The highest BCUT2D eigenvalue weighted by molar-refractivity contribution is 5.43. The number of hydrogen-bond donors (Lipinski definition) is 2. The lowest BCUT2D eigenvalue weighted by molar-refractivity contribution is 0.158. The van der Waals surface area contributed by atoms with Crippen molar-refractivity contribution >= 4 is 5.65 Å². The average molecular weight is 307 g/mol. The molecule has 0 spiro atoms. The van der Waals surface area contributed by atoms with Crippen LogP contribution in [0.1, 0.15) is 28.8 Å². The van der Waals surface area contributed by atoms with Crippen molar-refractivity contribution in [2.75, 3.05) is 6.61 Å². The number of pyridine rings is 1. The molecular weight excluding hydrogens is 286 g/mol. The van der Waals surface area contributed by atoms with Crippen molar-refractivity contribution < 1.29 is 5.11 Å². The Bertz CT molecular complexity index is 855. The van der Waals surface area contributed by atoms with Crippen LogP contribution in [0.2, 0.25) is 0 Å². The topological polar surface area (TPSA) is 49.6 Å². The van der Waals surface area contributed by atoms with Gasteiger partial charge in [-0.25, -0.2) is 4.98 Å². The van der Waals surface area contributed by atoms with Crippen LogP contribution in [0.25, 0.3) is 5.65 Å². The molecule has 4 rings (SSSR count). The predicted molar refractivity (Wildman–Crippen MR) is 90.3 cm³/mol. The zero-order valence-corrected chi connectivity index (χ0v) is 13.3. The van der Waals surface area contributed by atoms with Crippen LogP contribution in [0.3, 0.4) is 0 Å². The molecule has 0 fully saturated rings. The first kappa shape index (κ1) is 14.4. The highest BCUT2D eigenvalue weighted by atomic mass is 16.3. The van der Waals surface area contributed by atoms with E-state index >= 15 is 0 Å². The molecule has 1 unspecified atom stereocenters. The number of nitrogens with zero attached hydrogens (tertiary/aromatic N) is 2. The summed E-state index contributed by atoms with van der Waals surface area (Å²) in [7, 11) is 0. The highest BCUT2D eigenvalue weighted by Crippen LogP contribution is 2.36. The van der Waals surface area contributed by atoms with Crippen molar-refractivity contribution in [3.8, 4) is 0 Å². The molecule has 2 heterocycles. The van der Waals surface area contributed by atoms with Gasteiger partial charge in [-0.1, -0.05) is 24.3 Å². The maximum Gasteiger partial charge on any atom is 0.137 e. The van der Waals surface area contributed by atoms with E-state index in [9.17, 15) is 5.11 Å². The molecule has 0 aliphatic heterocycles. The molecule has 0 saturated carbocycles. The quantitative estimate of drug-likeness (QED) is 0.779. The van der Waals surface area contributed by atoms with Gasteiger partial charge >= 0.3 is 0 Å². The molecule has 0 radical (unpaired) electrons. The van der Waals surface area contributed by atoms with E-state index in [-0.39, 0.29) is 12.1 Å². The maximum atomic E-state index is 10.1. The van der Waals surface area contributed by atoms with E-state index in [0.29, 0.717) is 6.54 Å². The van der Waals surface area contributed by atoms with E-state index < -0.39 is 0 Å². The molecule has 0 amide bonds. The minimum Gasteiger partial charge on any atom is -0.394 e. The molecule has 4 heteroatoms. The Morgan fingerprint density at radius 3 is 3.04 bits per heavy atom. The number of rotatable bonds is 4. The molecular formula is C19H21N3O. The summed E-state index contributed by atoms with van der Waals surface area (Å²) in [6.45, 7) is 2.86. The lowest BCUT2D eigenvalue weighted by Gasteiger charge is -2.29. The lowest BCUT2D eigenvalue weighted by Crippen LogP contribution is -2.43. The molecule has 1 aromatic carbocycles. The van der Waals surface area contributed by atoms with E-state index in [4.69, 9.17) is 0 Å². The van der Waals surface area contributed by atoms with Gasteiger partial charge in [-0.05, 0) is 48.6 Å². The number of nitrogens with one attached hydrogen (secondary N) is 1. The second-order valence-corrected chi connectivity index (χ2v) is 6.43.